The van der Waals surface area contributed by atoms with Gasteiger partial charge in [-0.1, -0.05) is 0 Å². The van der Waals surface area contributed by atoms with E-state index in [1.165, 1.54) is 25.4 Å². The van der Waals surface area contributed by atoms with E-state index in [4.69, 9.17) is 14.2 Å². The van der Waals surface area contributed by atoms with Crippen LogP contribution in [0.15, 0.2) is 24.5 Å². The summed E-state index contributed by atoms with van der Waals surface area (Å²) in [4.78, 5) is 32.1. The lowest BCUT2D eigenvalue weighted by atomic mass is 10.2. The number of aromatic nitrogens is 7. The number of morpholine rings is 1. The van der Waals surface area contributed by atoms with Crippen LogP contribution < -0.4 is 15.0 Å². The lowest BCUT2D eigenvalue weighted by Crippen LogP contribution is -2.37. The number of nitrogens with zero attached hydrogens (tertiary/aromatic N) is 7. The van der Waals surface area contributed by atoms with Gasteiger partial charge in [0, 0.05) is 31.0 Å². The van der Waals surface area contributed by atoms with Gasteiger partial charge in [0.1, 0.15) is 16.9 Å². The molecule has 13 nitrogen and oxygen atoms in total. The van der Waals surface area contributed by atoms with Gasteiger partial charge in [-0.05, 0) is 26.8 Å². The zero-order valence-electron chi connectivity index (χ0n) is 21.7. The fourth-order valence-corrected chi connectivity index (χ4v) is 4.03. The maximum absolute atomic E-state index is 14.4. The maximum atomic E-state index is 14.4. The standard InChI is InChI=1S/C24H27F2N9O4/c1-24(2,3)39-23(36)29-14-9-15-17(16(10-14)37-4)30-20(18(25)26)35(15)22-32-19(13-11-27-28-12-13)31-21(33-22)34-5-7-38-8-6-34/h9-12,18H,5-8H2,1-4H3,(H,27,28)(H,29,36). The number of imidazole rings is 1. The molecule has 206 valence electrons. The molecule has 1 aliphatic rings. The summed E-state index contributed by atoms with van der Waals surface area (Å²) >= 11 is 0. The van der Waals surface area contributed by atoms with Gasteiger partial charge in [-0.2, -0.15) is 20.1 Å². The summed E-state index contributed by atoms with van der Waals surface area (Å²) in [6.07, 6.45) is -0.589. The molecule has 1 amide bonds. The summed E-state index contributed by atoms with van der Waals surface area (Å²) in [5, 5.41) is 9.28. The van der Waals surface area contributed by atoms with E-state index in [9.17, 15) is 13.6 Å². The lowest BCUT2D eigenvalue weighted by molar-refractivity contribution is 0.0636. The van der Waals surface area contributed by atoms with Gasteiger partial charge >= 0.3 is 6.09 Å². The molecule has 4 heterocycles. The van der Waals surface area contributed by atoms with E-state index in [2.05, 4.69) is 35.5 Å². The first-order chi connectivity index (χ1) is 18.6. The minimum absolute atomic E-state index is 0.0861. The minimum atomic E-state index is -2.98. The highest BCUT2D eigenvalue weighted by Gasteiger charge is 2.27. The molecular weight excluding hydrogens is 516 g/mol. The number of carbonyl (C=O) groups is 1. The quantitative estimate of drug-likeness (QED) is 0.369. The number of H-pyrrole nitrogens is 1. The second kappa shape index (κ2) is 10.4. The normalized spacial score (nSPS) is 14.2. The van der Waals surface area contributed by atoms with Gasteiger partial charge in [0.25, 0.3) is 6.43 Å². The van der Waals surface area contributed by atoms with E-state index in [1.807, 2.05) is 4.90 Å². The molecule has 0 spiro atoms. The van der Waals surface area contributed by atoms with Crippen LogP contribution in [0.2, 0.25) is 0 Å². The Hall–Kier alpha value is -4.40. The predicted octanol–water partition coefficient (Wildman–Crippen LogP) is 3.73. The Bertz CT molecular complexity index is 1480. The number of halogens is 2. The number of hydrogen-bond donors (Lipinski definition) is 2. The number of aromatic amines is 1. The molecule has 1 fully saturated rings. The molecule has 39 heavy (non-hydrogen) atoms. The largest absolute Gasteiger partial charge is 0.494 e. The molecule has 0 unspecified atom stereocenters. The molecule has 1 saturated heterocycles. The average Bonchev–Trinajstić information content (AvgIpc) is 3.56. The number of anilines is 2. The number of carbonyl (C=O) groups excluding carboxylic acids is 1. The van der Waals surface area contributed by atoms with E-state index < -0.39 is 23.9 Å². The molecule has 15 heteroatoms. The molecule has 0 bridgehead atoms. The van der Waals surface area contributed by atoms with Crippen molar-refractivity contribution in [2.24, 2.45) is 0 Å². The van der Waals surface area contributed by atoms with Gasteiger partial charge in [0.05, 0.1) is 37.6 Å². The van der Waals surface area contributed by atoms with Crippen LogP contribution in [0.3, 0.4) is 0 Å². The van der Waals surface area contributed by atoms with Crippen LogP contribution >= 0.6 is 0 Å². The maximum Gasteiger partial charge on any atom is 0.412 e. The Labute approximate surface area is 221 Å². The molecular formula is C24H27F2N9O4. The summed E-state index contributed by atoms with van der Waals surface area (Å²) in [5.74, 6) is -0.00690. The van der Waals surface area contributed by atoms with Gasteiger partial charge in [0.15, 0.2) is 11.6 Å². The number of rotatable bonds is 6. The molecule has 3 aromatic heterocycles. The number of fused-ring (bicyclic) bond motifs is 1. The van der Waals surface area contributed by atoms with Crippen LogP contribution in [-0.4, -0.2) is 79.8 Å². The topological polar surface area (TPSA) is 145 Å². The molecule has 5 rings (SSSR count). The van der Waals surface area contributed by atoms with Crippen molar-refractivity contribution in [3.63, 3.8) is 0 Å². The van der Waals surface area contributed by atoms with Crippen molar-refractivity contribution in [2.45, 2.75) is 32.8 Å². The van der Waals surface area contributed by atoms with Crippen molar-refractivity contribution in [1.82, 2.24) is 34.7 Å². The number of nitrogens with one attached hydrogen (secondary N) is 2. The van der Waals surface area contributed by atoms with E-state index in [1.54, 1.807) is 27.0 Å². The van der Waals surface area contributed by atoms with Crippen LogP contribution in [0.4, 0.5) is 25.2 Å². The molecule has 2 N–H and O–H groups in total. The Morgan fingerprint density at radius 1 is 1.13 bits per heavy atom. The Balaban J connectivity index is 1.70. The SMILES string of the molecule is COc1cc(NC(=O)OC(C)(C)C)cc2c1nc(C(F)F)n2-c1nc(-c2cn[nH]c2)nc(N2CCOCC2)n1. The van der Waals surface area contributed by atoms with Crippen LogP contribution in [0.1, 0.15) is 33.0 Å². The summed E-state index contributed by atoms with van der Waals surface area (Å²) in [5.41, 5.74) is 0.371. The first-order valence-electron chi connectivity index (χ1n) is 12.1. The molecule has 0 saturated carbocycles. The summed E-state index contributed by atoms with van der Waals surface area (Å²) in [7, 11) is 1.38. The van der Waals surface area contributed by atoms with Gasteiger partial charge in [-0.3, -0.25) is 15.0 Å². The summed E-state index contributed by atoms with van der Waals surface area (Å²) < 4.78 is 46.1. The van der Waals surface area contributed by atoms with Crippen LogP contribution in [0, 0.1) is 0 Å². The fourth-order valence-electron chi connectivity index (χ4n) is 4.03. The third kappa shape index (κ3) is 5.57. The fraction of sp³-hybridized carbons (Fsp3) is 0.417. The van der Waals surface area contributed by atoms with Gasteiger partial charge in [-0.15, -0.1) is 0 Å². The molecule has 1 aromatic carbocycles. The number of benzene rings is 1. The highest BCUT2D eigenvalue weighted by atomic mass is 19.3. The van der Waals surface area contributed by atoms with Crippen molar-refractivity contribution in [2.75, 3.05) is 43.6 Å². The average molecular weight is 544 g/mol. The van der Waals surface area contributed by atoms with Crippen molar-refractivity contribution in [3.8, 4) is 23.1 Å². The lowest BCUT2D eigenvalue weighted by Gasteiger charge is -2.27. The van der Waals surface area contributed by atoms with Crippen LogP contribution in [-0.2, 0) is 9.47 Å². The molecule has 0 aliphatic carbocycles. The minimum Gasteiger partial charge on any atom is -0.494 e. The number of ether oxygens (including phenoxy) is 3. The van der Waals surface area contributed by atoms with Crippen molar-refractivity contribution in [3.05, 3.63) is 30.4 Å². The monoisotopic (exact) mass is 543 g/mol. The van der Waals surface area contributed by atoms with Crippen molar-refractivity contribution < 1.29 is 27.8 Å². The zero-order valence-corrected chi connectivity index (χ0v) is 21.7. The van der Waals surface area contributed by atoms with Crippen LogP contribution in [0.25, 0.3) is 28.4 Å². The number of hydrogen-bond acceptors (Lipinski definition) is 10. The summed E-state index contributed by atoms with van der Waals surface area (Å²) in [6.45, 7) is 7.14. The van der Waals surface area contributed by atoms with Gasteiger partial charge < -0.3 is 19.1 Å². The van der Waals surface area contributed by atoms with Gasteiger partial charge in [0.2, 0.25) is 11.9 Å². The van der Waals surface area contributed by atoms with Gasteiger partial charge in [-0.25, -0.2) is 18.6 Å². The third-order valence-electron chi connectivity index (χ3n) is 5.67. The zero-order chi connectivity index (χ0) is 27.7. The Kier molecular flexibility index (Phi) is 6.99. The summed E-state index contributed by atoms with van der Waals surface area (Å²) in [6, 6.07) is 2.96. The van der Waals surface area contributed by atoms with E-state index in [-0.39, 0.29) is 40.2 Å². The first kappa shape index (κ1) is 26.2. The number of methoxy groups -OCH3 is 1. The molecule has 4 aromatic rings. The second-order valence-corrected chi connectivity index (χ2v) is 9.62. The van der Waals surface area contributed by atoms with Crippen molar-refractivity contribution in [1.29, 1.82) is 0 Å². The Morgan fingerprint density at radius 3 is 2.51 bits per heavy atom. The molecule has 1 aliphatic heterocycles. The third-order valence-corrected chi connectivity index (χ3v) is 5.67. The second-order valence-electron chi connectivity index (χ2n) is 9.62. The Morgan fingerprint density at radius 2 is 1.87 bits per heavy atom. The van der Waals surface area contributed by atoms with E-state index in [0.29, 0.717) is 31.9 Å². The molecule has 0 atom stereocenters. The predicted molar refractivity (Wildman–Crippen MR) is 136 cm³/mol. The van der Waals surface area contributed by atoms with Crippen molar-refractivity contribution >= 4 is 28.8 Å². The van der Waals surface area contributed by atoms with E-state index >= 15 is 0 Å². The first-order valence-corrected chi connectivity index (χ1v) is 12.1. The highest BCUT2D eigenvalue weighted by molar-refractivity contribution is 5.93. The smallest absolute Gasteiger partial charge is 0.412 e. The van der Waals surface area contributed by atoms with E-state index in [0.717, 1.165) is 4.57 Å². The van der Waals surface area contributed by atoms with Crippen LogP contribution in [0.5, 0.6) is 5.75 Å². The molecule has 0 radical (unpaired) electrons. The highest BCUT2D eigenvalue weighted by Crippen LogP contribution is 2.35. The number of alkyl halides is 2. The number of amides is 1.